The van der Waals surface area contributed by atoms with E-state index in [4.69, 9.17) is 5.73 Å². The summed E-state index contributed by atoms with van der Waals surface area (Å²) in [5.74, 6) is -1.43. The van der Waals surface area contributed by atoms with Gasteiger partial charge in [-0.15, -0.1) is 0 Å². The maximum absolute atomic E-state index is 12.9. The Balaban J connectivity index is 2.48. The second-order valence-corrected chi connectivity index (χ2v) is 12.7. The van der Waals surface area contributed by atoms with E-state index in [1.807, 2.05) is 5.32 Å². The Hall–Kier alpha value is -3.17. The maximum Gasteiger partial charge on any atom is 0.295 e. The number of benzene rings is 3. The summed E-state index contributed by atoms with van der Waals surface area (Å²) >= 11 is 0. The first kappa shape index (κ1) is 27.4. The van der Waals surface area contributed by atoms with Gasteiger partial charge in [0, 0.05) is 16.5 Å². The lowest BCUT2D eigenvalue weighted by atomic mass is 10.1. The van der Waals surface area contributed by atoms with Gasteiger partial charge in [-0.25, -0.2) is 0 Å². The number of fused-ring (bicyclic) bond motifs is 1. The molecule has 0 fully saturated rings. The smallest absolute Gasteiger partial charge is 0.295 e. The van der Waals surface area contributed by atoms with Crippen LogP contribution < -0.4 is 11.1 Å². The summed E-state index contributed by atoms with van der Waals surface area (Å²) < 4.78 is 133. The summed E-state index contributed by atoms with van der Waals surface area (Å²) in [5, 5.41) is 0.231. The van der Waals surface area contributed by atoms with E-state index in [1.165, 1.54) is 0 Å². The topological polar surface area (TPSA) is 273 Å². The van der Waals surface area contributed by atoms with Crippen molar-refractivity contribution >= 4 is 68.5 Å². The second kappa shape index (κ2) is 8.74. The van der Waals surface area contributed by atoms with Crippen molar-refractivity contribution in [2.24, 2.45) is 0 Å². The third kappa shape index (κ3) is 5.47. The van der Waals surface area contributed by atoms with Crippen LogP contribution >= 0.6 is 0 Å². The van der Waals surface area contributed by atoms with Gasteiger partial charge in [0.15, 0.2) is 0 Å². The van der Waals surface area contributed by atoms with Crippen LogP contribution in [0.25, 0.3) is 10.8 Å². The molecule has 0 aliphatic rings. The lowest BCUT2D eigenvalue weighted by Gasteiger charge is -2.16. The monoisotopic (exact) mass is 582 g/mol. The average molecular weight is 583 g/mol. The number of carbonyl (C=O) groups excluding carboxylic acids is 1. The predicted molar refractivity (Wildman–Crippen MR) is 122 cm³/mol. The van der Waals surface area contributed by atoms with E-state index in [-0.39, 0.29) is 5.69 Å². The Labute approximate surface area is 203 Å². The van der Waals surface area contributed by atoms with Crippen LogP contribution in [0.4, 0.5) is 11.4 Å². The Morgan fingerprint density at radius 2 is 1.17 bits per heavy atom. The molecule has 0 aliphatic heterocycles. The lowest BCUT2D eigenvalue weighted by molar-refractivity contribution is 0.102. The summed E-state index contributed by atoms with van der Waals surface area (Å²) in [6, 6.07) is 4.51. The summed E-state index contributed by atoms with van der Waals surface area (Å²) in [5.41, 5.74) is 3.70. The van der Waals surface area contributed by atoms with Crippen LogP contribution in [0.3, 0.4) is 0 Å². The minimum absolute atomic E-state index is 0.170. The molecule has 0 aromatic heterocycles. The van der Waals surface area contributed by atoms with Crippen molar-refractivity contribution in [3.8, 4) is 0 Å². The van der Waals surface area contributed by atoms with Gasteiger partial charge in [0.05, 0.1) is 16.1 Å². The molecule has 19 heteroatoms. The fourth-order valence-corrected chi connectivity index (χ4v) is 5.83. The maximum atomic E-state index is 12.9. The Kier molecular flexibility index (Phi) is 6.66. The van der Waals surface area contributed by atoms with Crippen LogP contribution in [0.15, 0.2) is 62.0 Å². The number of amides is 1. The molecule has 0 heterocycles. The number of hydrogen-bond donors (Lipinski definition) is 6. The molecule has 3 rings (SSSR count). The van der Waals surface area contributed by atoms with E-state index in [0.717, 1.165) is 18.2 Å². The lowest BCUT2D eigenvalue weighted by Crippen LogP contribution is -2.18. The van der Waals surface area contributed by atoms with E-state index < -0.39 is 88.0 Å². The van der Waals surface area contributed by atoms with E-state index in [0.29, 0.717) is 24.3 Å². The zero-order chi connectivity index (χ0) is 27.4. The van der Waals surface area contributed by atoms with Crippen molar-refractivity contribution in [3.05, 3.63) is 48.0 Å². The van der Waals surface area contributed by atoms with Crippen molar-refractivity contribution in [3.63, 3.8) is 0 Å². The number of nitrogen functional groups attached to an aromatic ring is 1. The predicted octanol–water partition coefficient (Wildman–Crippen LogP) is 0.661. The summed E-state index contributed by atoms with van der Waals surface area (Å²) in [7, 11) is -20.6. The molecule has 0 spiro atoms. The van der Waals surface area contributed by atoms with E-state index in [1.54, 1.807) is 0 Å². The SMILES string of the molecule is Nc1ccc(S(=O)(=O)O)c(C(=O)Nc2cc(S(=O)(=O)O)cc3c(S(=O)(=O)O)ccc(S(=O)(=O)O)c23)c1. The standard InChI is InChI=1S/C17H14N2O13S4/c18-8-1-2-14(35(27,28)29)11(5-8)17(20)19-12-7-9(33(21,22)23)6-10-13(34(24,25)26)3-4-15(16(10)12)36(30,31)32/h1-7H,18H2,(H,19,20)(H,21,22,23)(H,24,25,26)(H,27,28,29)(H,30,31,32). The number of nitrogens with two attached hydrogens (primary N) is 1. The van der Waals surface area contributed by atoms with Gasteiger partial charge < -0.3 is 11.1 Å². The highest BCUT2D eigenvalue weighted by Gasteiger charge is 2.28. The molecule has 15 nitrogen and oxygen atoms in total. The van der Waals surface area contributed by atoms with Gasteiger partial charge >= 0.3 is 0 Å². The van der Waals surface area contributed by atoms with Crippen molar-refractivity contribution in [1.82, 2.24) is 0 Å². The van der Waals surface area contributed by atoms with E-state index in [2.05, 4.69) is 0 Å². The molecule has 0 aliphatic carbocycles. The summed E-state index contributed by atoms with van der Waals surface area (Å²) in [6.07, 6.45) is 0. The zero-order valence-electron chi connectivity index (χ0n) is 17.2. The molecule has 1 amide bonds. The zero-order valence-corrected chi connectivity index (χ0v) is 20.5. The molecule has 194 valence electrons. The number of hydrogen-bond acceptors (Lipinski definition) is 10. The Morgan fingerprint density at radius 3 is 1.67 bits per heavy atom. The minimum Gasteiger partial charge on any atom is -0.399 e. The average Bonchev–Trinajstić information content (AvgIpc) is 2.69. The summed E-state index contributed by atoms with van der Waals surface area (Å²) in [6.45, 7) is 0. The number of carbonyl (C=O) groups is 1. The largest absolute Gasteiger partial charge is 0.399 e. The molecule has 0 radical (unpaired) electrons. The first-order valence-corrected chi connectivity index (χ1v) is 14.7. The van der Waals surface area contributed by atoms with Crippen LogP contribution in [0.1, 0.15) is 10.4 Å². The van der Waals surface area contributed by atoms with Gasteiger partial charge in [-0.3, -0.25) is 23.0 Å². The van der Waals surface area contributed by atoms with Crippen molar-refractivity contribution < 1.29 is 56.7 Å². The molecular formula is C17H14N2O13S4. The Morgan fingerprint density at radius 1 is 0.667 bits per heavy atom. The minimum atomic E-state index is -5.20. The Bertz CT molecular complexity index is 1880. The number of rotatable bonds is 6. The van der Waals surface area contributed by atoms with Crippen molar-refractivity contribution in [1.29, 1.82) is 0 Å². The molecule has 3 aromatic carbocycles. The fourth-order valence-electron chi connectivity index (χ4n) is 3.23. The molecule has 0 saturated heterocycles. The van der Waals surface area contributed by atoms with E-state index in [9.17, 15) is 56.7 Å². The van der Waals surface area contributed by atoms with Gasteiger partial charge in [0.2, 0.25) is 0 Å². The molecular weight excluding hydrogens is 568 g/mol. The molecule has 3 aromatic rings. The molecule has 0 bridgehead atoms. The highest BCUT2D eigenvalue weighted by molar-refractivity contribution is 7.87. The second-order valence-electron chi connectivity index (χ2n) is 7.07. The number of anilines is 2. The normalized spacial score (nSPS) is 13.0. The van der Waals surface area contributed by atoms with Gasteiger partial charge in [0.1, 0.15) is 14.7 Å². The van der Waals surface area contributed by atoms with Crippen LogP contribution in [-0.2, 0) is 40.5 Å². The number of nitrogens with one attached hydrogen (secondary N) is 1. The molecule has 36 heavy (non-hydrogen) atoms. The first-order valence-electron chi connectivity index (χ1n) is 8.93. The highest BCUT2D eigenvalue weighted by atomic mass is 32.2. The van der Waals surface area contributed by atoms with Crippen molar-refractivity contribution in [2.75, 3.05) is 11.1 Å². The highest BCUT2D eigenvalue weighted by Crippen LogP contribution is 2.37. The molecule has 7 N–H and O–H groups in total. The third-order valence-electron chi connectivity index (χ3n) is 4.64. The quantitative estimate of drug-likeness (QED) is 0.172. The fraction of sp³-hybridized carbons (Fsp3) is 0. The van der Waals surface area contributed by atoms with Crippen LogP contribution in [0.2, 0.25) is 0 Å². The van der Waals surface area contributed by atoms with Crippen LogP contribution in [-0.4, -0.2) is 57.8 Å². The summed E-state index contributed by atoms with van der Waals surface area (Å²) in [4.78, 5) is 8.75. The van der Waals surface area contributed by atoms with Crippen molar-refractivity contribution in [2.45, 2.75) is 19.6 Å². The van der Waals surface area contributed by atoms with Gasteiger partial charge in [-0.2, -0.15) is 33.7 Å². The third-order valence-corrected chi connectivity index (χ3v) is 8.19. The van der Waals surface area contributed by atoms with Gasteiger partial charge in [0.25, 0.3) is 46.4 Å². The van der Waals surface area contributed by atoms with Crippen LogP contribution in [0, 0.1) is 0 Å². The van der Waals surface area contributed by atoms with Crippen LogP contribution in [0.5, 0.6) is 0 Å². The molecule has 0 unspecified atom stereocenters. The van der Waals surface area contributed by atoms with Gasteiger partial charge in [-0.05, 0) is 42.5 Å². The molecule has 0 atom stereocenters. The molecule has 0 saturated carbocycles. The first-order chi connectivity index (χ1) is 16.2. The van der Waals surface area contributed by atoms with E-state index >= 15 is 0 Å². The van der Waals surface area contributed by atoms with Gasteiger partial charge in [-0.1, -0.05) is 0 Å².